The maximum absolute atomic E-state index is 14.7. The molecule has 0 aromatic heterocycles. The number of fused-ring (bicyclic) bond motifs is 10. The molecule has 27 heteroatoms. The van der Waals surface area contributed by atoms with Gasteiger partial charge in [-0.3, -0.25) is 14.4 Å². The molecule has 4 aliphatic heterocycles. The fourth-order valence-electron chi connectivity index (χ4n) is 24.6. The van der Waals surface area contributed by atoms with Gasteiger partial charge in [0.1, 0.15) is 77.7 Å². The number of carbonyl (C=O) groups is 6. The third kappa shape index (κ3) is 17.3. The molecule has 672 valence electrons. The lowest BCUT2D eigenvalue weighted by Gasteiger charge is -2.59. The monoisotopic (exact) mass is 1690 g/mol. The molecule has 0 bridgehead atoms. The van der Waals surface area contributed by atoms with Gasteiger partial charge in [0.15, 0.2) is 43.5 Å². The Bertz CT molecular complexity index is 4090. The second kappa shape index (κ2) is 36.2. The van der Waals surface area contributed by atoms with E-state index in [9.17, 15) is 69.6 Å². The van der Waals surface area contributed by atoms with Crippen LogP contribution in [0.5, 0.6) is 0 Å². The molecular weight excluding hydrogens is 1560 g/mol. The number of ketones is 2. The molecule has 2 aromatic rings. The quantitative estimate of drug-likeness (QED) is 0.0260. The van der Waals surface area contributed by atoms with E-state index in [4.69, 9.17) is 61.6 Å². The number of aliphatic hydroxyl groups excluding tert-OH is 6. The number of aliphatic hydroxyl groups is 8. The van der Waals surface area contributed by atoms with E-state index in [2.05, 4.69) is 53.7 Å². The molecule has 8 N–H and O–H groups in total. The van der Waals surface area contributed by atoms with Crippen LogP contribution < -0.4 is 0 Å². The van der Waals surface area contributed by atoms with Gasteiger partial charge in [-0.1, -0.05) is 135 Å². The van der Waals surface area contributed by atoms with E-state index >= 15 is 0 Å². The standard InChI is InChI=1S/C94H134O27/c1-47(2)15-29-67(96)52(8)93(107)73(116-84-51(7)77(71(100)45-109-84)120-85-79(75(102)69(98)43-110-85)118-82(104)55-21-17-49(5)18-22-55)41-65-61-27-25-57-39-59(31-35-89(57,11)63(61)33-37-91(65,93)13)114-88(106)115-60-32-36-90(12)58(40-60)26-28-62-64(90)34-38-92(14)66(62)42-74(94(92,108)53(9)68(97)30-16-48(3)4)117-87-81(113-54(10)95)78(72(101)46-112-87)121-86-80(76(103)70(99)44-111-86)119-83(105)56-23-19-50(6)20-24-56/h17-26,47-48,51-53,59-66,69-81,84-87,98-103,107-108H,15-16,27-46H2,1-14H3/t51?,52-,53-,59+,60-,61-,62-,63?,64?,65+,66+,69?,70?,71?,72?,73+,74+,75?,76?,77?,78?,79?,80?,81?,84?,85?,86?,87?,89+,90+,91+,92+,93-,94-/m1/s1. The second-order valence-electron chi connectivity index (χ2n) is 39.9. The van der Waals surface area contributed by atoms with Gasteiger partial charge in [-0.25, -0.2) is 14.4 Å². The van der Waals surface area contributed by atoms with Crippen LogP contribution in [0.4, 0.5) is 4.79 Å². The normalized spacial score (nSPS) is 43.1. The molecule has 8 aliphatic carbocycles. The lowest BCUT2D eigenvalue weighted by Crippen LogP contribution is -2.64. The molecule has 18 unspecified atom stereocenters. The summed E-state index contributed by atoms with van der Waals surface area (Å²) >= 11 is 0. The van der Waals surface area contributed by atoms with Crippen LogP contribution in [0.25, 0.3) is 0 Å². The van der Waals surface area contributed by atoms with Gasteiger partial charge in [-0.2, -0.15) is 0 Å². The molecule has 12 aliphatic rings. The first kappa shape index (κ1) is 91.5. The van der Waals surface area contributed by atoms with Crippen LogP contribution in [0.2, 0.25) is 0 Å². The van der Waals surface area contributed by atoms with Gasteiger partial charge in [0.2, 0.25) is 0 Å². The van der Waals surface area contributed by atoms with Crippen molar-refractivity contribution in [1.29, 1.82) is 0 Å². The molecule has 0 radical (unpaired) electrons. The highest BCUT2D eigenvalue weighted by molar-refractivity contribution is 5.90. The first-order valence-electron chi connectivity index (χ1n) is 44.9. The SMILES string of the molecule is CC(=O)OC1C(O[C@H]2C[C@H]3[C@@H]4CC=C5C[C@H](OC(=O)O[C@H]6CC[C@@]7(C)C(=CC[C@@H]8C7CC[C@@]7(C)[C@H]8C[C@H](OC8OCC(O)C(OC9OCC(O)C(O)C9OC(=O)c9ccc(C)cc9)C8C)[C@]7(O)[C@H](C)C(=O)CCC(C)C)C6)CC[C@]5(C)C4CC[C@]3(C)[C@@]2(O)[C@H](C)C(=O)CCC(C)C)OCC(O)C1OC1OCC(O)C(O)C1OC(=O)c1ccc(C)cc1. The van der Waals surface area contributed by atoms with Crippen molar-refractivity contribution in [1.82, 2.24) is 0 Å². The first-order chi connectivity index (χ1) is 57.2. The zero-order valence-corrected chi connectivity index (χ0v) is 73.0. The van der Waals surface area contributed by atoms with E-state index in [1.54, 1.807) is 62.4 Å². The number of rotatable bonds is 25. The highest BCUT2D eigenvalue weighted by atomic mass is 16.8. The van der Waals surface area contributed by atoms with E-state index in [1.165, 1.54) is 18.1 Å². The van der Waals surface area contributed by atoms with Gasteiger partial charge in [-0.05, 0) is 186 Å². The number of hydrogen-bond acceptors (Lipinski definition) is 27. The smallest absolute Gasteiger partial charge is 0.454 e. The van der Waals surface area contributed by atoms with Crippen molar-refractivity contribution in [3.8, 4) is 0 Å². The summed E-state index contributed by atoms with van der Waals surface area (Å²) < 4.78 is 81.6. The molecule has 121 heavy (non-hydrogen) atoms. The van der Waals surface area contributed by atoms with Gasteiger partial charge >= 0.3 is 24.1 Å². The summed E-state index contributed by atoms with van der Waals surface area (Å²) in [6.07, 6.45) is -10.2. The Kier molecular flexibility index (Phi) is 27.4. The number of carbonyl (C=O) groups excluding carboxylic acids is 6. The molecule has 14 rings (SSSR count). The Balaban J connectivity index is 0.635. The number of ether oxygens (including phenoxy) is 13. The summed E-state index contributed by atoms with van der Waals surface area (Å²) in [5.41, 5.74) is -1.02. The van der Waals surface area contributed by atoms with Gasteiger partial charge in [0, 0.05) is 61.2 Å². The number of esters is 3. The molecule has 27 nitrogen and oxygen atoms in total. The number of Topliss-reactive ketones (excluding diaryl/α,β-unsaturated/α-hetero) is 2. The van der Waals surface area contributed by atoms with E-state index in [0.717, 1.165) is 36.8 Å². The Morgan fingerprint density at radius 1 is 0.455 bits per heavy atom. The maximum Gasteiger partial charge on any atom is 0.508 e. The molecule has 0 spiro atoms. The largest absolute Gasteiger partial charge is 0.508 e. The Labute approximate surface area is 711 Å². The number of benzene rings is 2. The third-order valence-electron chi connectivity index (χ3n) is 32.0. The van der Waals surface area contributed by atoms with Crippen LogP contribution in [-0.2, 0) is 76.0 Å². The minimum Gasteiger partial charge on any atom is -0.454 e. The van der Waals surface area contributed by atoms with Crippen molar-refractivity contribution in [2.24, 2.45) is 86.8 Å². The average molecular weight is 1700 g/mol. The van der Waals surface area contributed by atoms with Crippen molar-refractivity contribution < 1.29 is 131 Å². The van der Waals surface area contributed by atoms with E-state index < -0.39 is 194 Å². The highest BCUT2D eigenvalue weighted by Crippen LogP contribution is 2.72. The number of allylic oxidation sites excluding steroid dienone is 2. The number of hydrogen-bond donors (Lipinski definition) is 8. The van der Waals surface area contributed by atoms with Crippen molar-refractivity contribution in [3.05, 3.63) is 94.1 Å². The fourth-order valence-corrected chi connectivity index (χ4v) is 24.6. The first-order valence-corrected chi connectivity index (χ1v) is 44.9. The summed E-state index contributed by atoms with van der Waals surface area (Å²) in [5, 5.41) is 95.1. The van der Waals surface area contributed by atoms with Crippen LogP contribution in [0.1, 0.15) is 231 Å². The summed E-state index contributed by atoms with van der Waals surface area (Å²) in [7, 11) is 0. The van der Waals surface area contributed by atoms with Crippen LogP contribution in [0.15, 0.2) is 71.8 Å². The van der Waals surface area contributed by atoms with Gasteiger partial charge in [0.25, 0.3) is 0 Å². The van der Waals surface area contributed by atoms with E-state index in [0.29, 0.717) is 77.0 Å². The van der Waals surface area contributed by atoms with Crippen molar-refractivity contribution in [3.63, 3.8) is 0 Å². The Morgan fingerprint density at radius 2 is 0.835 bits per heavy atom. The highest BCUT2D eigenvalue weighted by Gasteiger charge is 2.73. The third-order valence-corrected chi connectivity index (χ3v) is 32.0. The molecule has 2 aromatic carbocycles. The summed E-state index contributed by atoms with van der Waals surface area (Å²) in [5.74, 6) is -4.39. The predicted octanol–water partition coefficient (Wildman–Crippen LogP) is 10.5. The molecule has 6 saturated carbocycles. The molecular formula is C94H134O27. The minimum atomic E-state index is -1.79. The van der Waals surface area contributed by atoms with Crippen molar-refractivity contribution in [2.45, 2.75) is 340 Å². The minimum absolute atomic E-state index is 0.0247. The van der Waals surface area contributed by atoms with Crippen LogP contribution in [0.3, 0.4) is 0 Å². The van der Waals surface area contributed by atoms with Crippen molar-refractivity contribution >= 4 is 35.6 Å². The maximum atomic E-state index is 14.7. The van der Waals surface area contributed by atoms with Gasteiger partial charge in [0.05, 0.1) is 55.9 Å². The van der Waals surface area contributed by atoms with Crippen LogP contribution in [0, 0.1) is 101 Å². The predicted molar refractivity (Wildman–Crippen MR) is 436 cm³/mol. The summed E-state index contributed by atoms with van der Waals surface area (Å²) in [6, 6.07) is 13.2. The number of aryl methyl sites for hydroxylation is 2. The van der Waals surface area contributed by atoms with Crippen LogP contribution in [-0.4, -0.2) is 231 Å². The van der Waals surface area contributed by atoms with Gasteiger partial charge < -0.3 is 102 Å². The van der Waals surface area contributed by atoms with Crippen LogP contribution >= 0.6 is 0 Å². The lowest BCUT2D eigenvalue weighted by atomic mass is 9.46. The Morgan fingerprint density at radius 3 is 1.25 bits per heavy atom. The zero-order valence-electron chi connectivity index (χ0n) is 73.0. The zero-order chi connectivity index (χ0) is 87.1. The molecule has 10 fully saturated rings. The molecule has 4 saturated heterocycles. The fraction of sp³-hybridized carbons (Fsp3) is 0.766. The van der Waals surface area contributed by atoms with Crippen molar-refractivity contribution in [2.75, 3.05) is 26.4 Å². The average Bonchev–Trinajstić information content (AvgIpc) is 1.54. The molecule has 34 atom stereocenters. The Hall–Kier alpha value is -5.70. The van der Waals surface area contributed by atoms with E-state index in [1.807, 2.05) is 34.6 Å². The van der Waals surface area contributed by atoms with E-state index in [-0.39, 0.29) is 107 Å². The summed E-state index contributed by atoms with van der Waals surface area (Å²) in [6.45, 7) is 26.0. The summed E-state index contributed by atoms with van der Waals surface area (Å²) in [4.78, 5) is 83.7. The van der Waals surface area contributed by atoms with Gasteiger partial charge in [-0.15, -0.1) is 0 Å². The lowest BCUT2D eigenvalue weighted by molar-refractivity contribution is -0.345. The molecule has 0 amide bonds. The molecule has 4 heterocycles. The topological polar surface area (TPSA) is 384 Å². The second-order valence-corrected chi connectivity index (χ2v) is 39.9.